The molecule has 0 bridgehead atoms. The number of hydrogen-bond donors (Lipinski definition) is 1. The van der Waals surface area contributed by atoms with Crippen LogP contribution in [0.5, 0.6) is 0 Å². The number of urea groups is 1. The third kappa shape index (κ3) is 15.0. The van der Waals surface area contributed by atoms with Gasteiger partial charge in [-0.2, -0.15) is 13.2 Å². The summed E-state index contributed by atoms with van der Waals surface area (Å²) in [6, 6.07) is 0.0389. The quantitative estimate of drug-likeness (QED) is 0.848. The molecule has 19 heavy (non-hydrogen) atoms. The minimum absolute atomic E-state index is 0.0389. The van der Waals surface area contributed by atoms with Crippen molar-refractivity contribution in [3.05, 3.63) is 0 Å². The lowest BCUT2D eigenvalue weighted by Gasteiger charge is -2.27. The second-order valence-electron chi connectivity index (χ2n) is 3.93. The highest BCUT2D eigenvalue weighted by atomic mass is 19.4. The van der Waals surface area contributed by atoms with Crippen LogP contribution in [0.4, 0.5) is 18.0 Å². The number of hydrogen-bond acceptors (Lipinski definition) is 2. The summed E-state index contributed by atoms with van der Waals surface area (Å²) in [6.07, 6.45) is 0. The van der Waals surface area contributed by atoms with E-state index in [0.717, 1.165) is 6.54 Å². The summed E-state index contributed by atoms with van der Waals surface area (Å²) in [5.74, 6) is 0.505. The molecule has 0 atom stereocenters. The summed E-state index contributed by atoms with van der Waals surface area (Å²) in [5.41, 5.74) is 0. The van der Waals surface area contributed by atoms with Gasteiger partial charge in [0.05, 0.1) is 13.2 Å². The molecule has 0 spiro atoms. The molecule has 0 unspecified atom stereocenters. The molecule has 0 radical (unpaired) electrons. The average Bonchev–Trinajstić information content (AvgIpc) is 2.38. The first-order valence-electron chi connectivity index (χ1n) is 6.46. The molecule has 116 valence electrons. The SMILES string of the molecule is CC.CC(C)CNC(=O)N1CCOCC1.FC(F)F. The van der Waals surface area contributed by atoms with Crippen LogP contribution >= 0.6 is 0 Å². The molecule has 0 aromatic heterocycles. The second-order valence-corrected chi connectivity index (χ2v) is 3.93. The maximum atomic E-state index is 11.5. The Kier molecular flexibility index (Phi) is 14.4. The number of carbonyl (C=O) groups excluding carboxylic acids is 1. The number of nitrogens with zero attached hydrogens (tertiary/aromatic N) is 1. The van der Waals surface area contributed by atoms with Crippen molar-refractivity contribution in [3.63, 3.8) is 0 Å². The fraction of sp³-hybridized carbons (Fsp3) is 0.917. The largest absolute Gasteiger partial charge is 0.379 e. The maximum absolute atomic E-state index is 11.5. The fourth-order valence-electron chi connectivity index (χ4n) is 1.17. The molecule has 1 N–H and O–H groups in total. The van der Waals surface area contributed by atoms with Gasteiger partial charge in [0.15, 0.2) is 0 Å². The van der Waals surface area contributed by atoms with Crippen LogP contribution in [0.1, 0.15) is 27.7 Å². The van der Waals surface area contributed by atoms with E-state index in [0.29, 0.717) is 32.2 Å². The van der Waals surface area contributed by atoms with Gasteiger partial charge in [-0.25, -0.2) is 4.79 Å². The topological polar surface area (TPSA) is 41.6 Å². The van der Waals surface area contributed by atoms with E-state index in [1.807, 2.05) is 13.8 Å². The van der Waals surface area contributed by atoms with Crippen LogP contribution in [-0.4, -0.2) is 50.5 Å². The lowest BCUT2D eigenvalue weighted by atomic mass is 10.2. The molecular weight excluding hydrogens is 261 g/mol. The predicted octanol–water partition coefficient (Wildman–Crippen LogP) is 2.89. The van der Waals surface area contributed by atoms with Gasteiger partial charge in [-0.05, 0) is 5.92 Å². The van der Waals surface area contributed by atoms with E-state index < -0.39 is 6.68 Å². The van der Waals surface area contributed by atoms with E-state index in [-0.39, 0.29) is 6.03 Å². The van der Waals surface area contributed by atoms with E-state index in [2.05, 4.69) is 19.2 Å². The van der Waals surface area contributed by atoms with Crippen molar-refractivity contribution in [1.82, 2.24) is 10.2 Å². The number of carbonyl (C=O) groups is 1. The van der Waals surface area contributed by atoms with Crippen LogP contribution in [0.15, 0.2) is 0 Å². The second kappa shape index (κ2) is 13.5. The molecule has 1 saturated heterocycles. The zero-order valence-corrected chi connectivity index (χ0v) is 12.1. The summed E-state index contributed by atoms with van der Waals surface area (Å²) < 4.78 is 34.2. The predicted molar refractivity (Wildman–Crippen MR) is 69.1 cm³/mol. The van der Waals surface area contributed by atoms with Gasteiger partial charge in [-0.15, -0.1) is 0 Å². The van der Waals surface area contributed by atoms with Gasteiger partial charge in [-0.1, -0.05) is 27.7 Å². The molecule has 2 amide bonds. The van der Waals surface area contributed by atoms with Gasteiger partial charge in [0.2, 0.25) is 0 Å². The molecular formula is C12H25F3N2O2. The number of alkyl halides is 3. The Balaban J connectivity index is 0. The van der Waals surface area contributed by atoms with Crippen LogP contribution < -0.4 is 5.32 Å². The Morgan fingerprint density at radius 2 is 1.63 bits per heavy atom. The molecule has 1 rings (SSSR count). The highest BCUT2D eigenvalue weighted by Crippen LogP contribution is 1.97. The van der Waals surface area contributed by atoms with Crippen molar-refractivity contribution < 1.29 is 22.7 Å². The Labute approximate surface area is 113 Å². The van der Waals surface area contributed by atoms with Gasteiger partial charge in [0, 0.05) is 19.6 Å². The van der Waals surface area contributed by atoms with E-state index in [1.54, 1.807) is 4.90 Å². The van der Waals surface area contributed by atoms with Gasteiger partial charge in [0.25, 0.3) is 0 Å². The summed E-state index contributed by atoms with van der Waals surface area (Å²) in [7, 11) is 0. The number of morpholine rings is 1. The minimum Gasteiger partial charge on any atom is -0.378 e. The molecule has 4 nitrogen and oxygen atoms in total. The van der Waals surface area contributed by atoms with Crippen molar-refractivity contribution >= 4 is 6.03 Å². The van der Waals surface area contributed by atoms with Gasteiger partial charge >= 0.3 is 12.7 Å². The van der Waals surface area contributed by atoms with Crippen molar-refractivity contribution in [3.8, 4) is 0 Å². The summed E-state index contributed by atoms with van der Waals surface area (Å²) in [4.78, 5) is 13.3. The molecule has 1 aliphatic heterocycles. The summed E-state index contributed by atoms with van der Waals surface area (Å²) in [5, 5.41) is 2.88. The lowest BCUT2D eigenvalue weighted by molar-refractivity contribution is 0.00819. The monoisotopic (exact) mass is 286 g/mol. The van der Waals surface area contributed by atoms with Crippen LogP contribution in [0.25, 0.3) is 0 Å². The van der Waals surface area contributed by atoms with E-state index in [4.69, 9.17) is 4.74 Å². The summed E-state index contributed by atoms with van der Waals surface area (Å²) >= 11 is 0. The Morgan fingerprint density at radius 3 is 2.00 bits per heavy atom. The number of rotatable bonds is 2. The van der Waals surface area contributed by atoms with Crippen molar-refractivity contribution in [2.24, 2.45) is 5.92 Å². The van der Waals surface area contributed by atoms with Crippen LogP contribution in [0.3, 0.4) is 0 Å². The van der Waals surface area contributed by atoms with Gasteiger partial charge < -0.3 is 15.0 Å². The third-order valence-corrected chi connectivity index (χ3v) is 1.96. The first-order chi connectivity index (χ1) is 8.93. The average molecular weight is 286 g/mol. The van der Waals surface area contributed by atoms with Crippen LogP contribution in [-0.2, 0) is 4.74 Å². The molecule has 0 saturated carbocycles. The summed E-state index contributed by atoms with van der Waals surface area (Å²) in [6.45, 7) is 7.99. The maximum Gasteiger partial charge on any atom is 0.379 e. The first-order valence-corrected chi connectivity index (χ1v) is 6.46. The smallest absolute Gasteiger partial charge is 0.378 e. The Bertz CT molecular complexity index is 208. The van der Waals surface area contributed by atoms with Crippen molar-refractivity contribution in [2.45, 2.75) is 34.4 Å². The zero-order valence-electron chi connectivity index (χ0n) is 12.1. The van der Waals surface area contributed by atoms with Gasteiger partial charge in [0.1, 0.15) is 0 Å². The number of ether oxygens (including phenoxy) is 1. The van der Waals surface area contributed by atoms with E-state index in [9.17, 15) is 18.0 Å². The molecule has 1 fully saturated rings. The van der Waals surface area contributed by atoms with Crippen molar-refractivity contribution in [2.75, 3.05) is 32.8 Å². The lowest BCUT2D eigenvalue weighted by Crippen LogP contribution is -2.46. The highest BCUT2D eigenvalue weighted by Gasteiger charge is 2.15. The Hall–Kier alpha value is -0.980. The molecule has 0 aromatic carbocycles. The van der Waals surface area contributed by atoms with Crippen LogP contribution in [0.2, 0.25) is 0 Å². The fourth-order valence-corrected chi connectivity index (χ4v) is 1.17. The van der Waals surface area contributed by atoms with Crippen LogP contribution in [0, 0.1) is 5.92 Å². The highest BCUT2D eigenvalue weighted by molar-refractivity contribution is 5.74. The van der Waals surface area contributed by atoms with Crippen molar-refractivity contribution in [1.29, 1.82) is 0 Å². The molecule has 1 heterocycles. The van der Waals surface area contributed by atoms with E-state index in [1.165, 1.54) is 0 Å². The first kappa shape index (κ1) is 20.3. The molecule has 0 aromatic rings. The third-order valence-electron chi connectivity index (χ3n) is 1.96. The number of halogens is 3. The molecule has 7 heteroatoms. The minimum atomic E-state index is -3.67. The zero-order chi connectivity index (χ0) is 15.3. The Morgan fingerprint density at radius 1 is 1.21 bits per heavy atom. The van der Waals surface area contributed by atoms with E-state index >= 15 is 0 Å². The normalized spacial score (nSPS) is 14.3. The molecule has 0 aliphatic carbocycles. The molecule has 1 aliphatic rings. The standard InChI is InChI=1S/C9H18N2O2.C2H6.CHF3/c1-8(2)7-10-9(12)11-3-5-13-6-4-11;1-2;2-1(3)4/h8H,3-7H2,1-2H3,(H,10,12);1-2H3;1H. The van der Waals surface area contributed by atoms with Gasteiger partial charge in [-0.3, -0.25) is 0 Å². The number of amides is 2. The number of nitrogens with one attached hydrogen (secondary N) is 1.